The van der Waals surface area contributed by atoms with E-state index in [0.29, 0.717) is 22.8 Å². The van der Waals surface area contributed by atoms with Gasteiger partial charge in [-0.3, -0.25) is 10.1 Å². The highest BCUT2D eigenvalue weighted by Gasteiger charge is 2.47. The van der Waals surface area contributed by atoms with E-state index in [0.717, 1.165) is 39.3 Å². The molecular weight excluding hydrogens is 929 g/mol. The Morgan fingerprint density at radius 1 is 0.427 bits per heavy atom. The number of nitrogens with zero attached hydrogens (tertiary/aromatic N) is 2. The summed E-state index contributed by atoms with van der Waals surface area (Å²) in [6, 6.07) is 80.0. The van der Waals surface area contributed by atoms with Crippen LogP contribution < -0.4 is 18.9 Å². The van der Waals surface area contributed by atoms with Crippen molar-refractivity contribution < 1.29 is 23.9 Å². The number of nitro groups is 1. The normalized spacial score (nSPS) is 12.8. The van der Waals surface area contributed by atoms with Crippen LogP contribution in [0.1, 0.15) is 61.2 Å². The predicted molar refractivity (Wildman–Crippen MR) is 294 cm³/mol. The Kier molecular flexibility index (Phi) is 12.5. The molecular formula is C67H50N2O6. The number of hydrogen-bond donors (Lipinski definition) is 0. The molecule has 0 bridgehead atoms. The van der Waals surface area contributed by atoms with Crippen LogP contribution in [0.5, 0.6) is 34.5 Å². The summed E-state index contributed by atoms with van der Waals surface area (Å²) in [5.74, 6) is 3.63. The van der Waals surface area contributed by atoms with E-state index in [-0.39, 0.29) is 11.4 Å². The quantitative estimate of drug-likeness (QED) is 0.0939. The van der Waals surface area contributed by atoms with E-state index >= 15 is 0 Å². The molecule has 0 saturated carbocycles. The SMILES string of the molecule is COc1ccc(C2(c3ccc(Oc4ccc(C)cc4[N+](=O)[O-])cc3)c3ccccc3-c3ccccc32)cc1.COc1ccc(C2(c3ccc(Oc4cccc(C)c4C#N)cc3)c3ccccc3-c3ccccc32)cc1. The van der Waals surface area contributed by atoms with Crippen LogP contribution in [0.4, 0.5) is 5.69 Å². The van der Waals surface area contributed by atoms with Crippen LogP contribution in [0.2, 0.25) is 0 Å². The van der Waals surface area contributed by atoms with Crippen LogP contribution in [0.15, 0.2) is 231 Å². The number of nitriles is 1. The van der Waals surface area contributed by atoms with Gasteiger partial charge in [0, 0.05) is 6.07 Å². The number of ether oxygens (including phenoxy) is 4. The molecule has 0 aromatic heterocycles. The first-order chi connectivity index (χ1) is 36.7. The minimum atomic E-state index is -0.548. The van der Waals surface area contributed by atoms with Crippen molar-refractivity contribution in [3.05, 3.63) is 302 Å². The number of hydrogen-bond acceptors (Lipinski definition) is 7. The van der Waals surface area contributed by atoms with Crippen molar-refractivity contribution in [3.8, 4) is 62.8 Å². The molecule has 0 atom stereocenters. The molecule has 0 spiro atoms. The van der Waals surface area contributed by atoms with E-state index in [1.165, 1.54) is 56.1 Å². The summed E-state index contributed by atoms with van der Waals surface area (Å²) in [5.41, 5.74) is 15.5. The van der Waals surface area contributed by atoms with E-state index in [4.69, 9.17) is 18.9 Å². The average molecular weight is 979 g/mol. The monoisotopic (exact) mass is 978 g/mol. The van der Waals surface area contributed by atoms with Gasteiger partial charge < -0.3 is 18.9 Å². The summed E-state index contributed by atoms with van der Waals surface area (Å²) in [6.45, 7) is 3.74. The van der Waals surface area contributed by atoms with E-state index in [2.05, 4.69) is 152 Å². The Balaban J connectivity index is 0.000000161. The zero-order valence-electron chi connectivity index (χ0n) is 41.8. The van der Waals surface area contributed by atoms with Crippen molar-refractivity contribution in [3.63, 3.8) is 0 Å². The Morgan fingerprint density at radius 3 is 1.15 bits per heavy atom. The lowest BCUT2D eigenvalue weighted by molar-refractivity contribution is -0.385. The maximum Gasteiger partial charge on any atom is 0.311 e. The Bertz CT molecular complexity index is 3710. The molecule has 12 rings (SSSR count). The largest absolute Gasteiger partial charge is 0.497 e. The fourth-order valence-corrected chi connectivity index (χ4v) is 11.3. The molecule has 364 valence electrons. The summed E-state index contributed by atoms with van der Waals surface area (Å²) >= 11 is 0. The van der Waals surface area contributed by atoms with Gasteiger partial charge in [0.05, 0.1) is 35.5 Å². The molecule has 10 aromatic carbocycles. The van der Waals surface area contributed by atoms with Crippen molar-refractivity contribution in [2.45, 2.75) is 24.7 Å². The van der Waals surface area contributed by atoms with Gasteiger partial charge in [0.25, 0.3) is 0 Å². The molecule has 0 heterocycles. The Labute approximate surface area is 436 Å². The Hall–Kier alpha value is -9.71. The van der Waals surface area contributed by atoms with Crippen LogP contribution in [0, 0.1) is 35.3 Å². The highest BCUT2D eigenvalue weighted by Crippen LogP contribution is 2.58. The van der Waals surface area contributed by atoms with Crippen molar-refractivity contribution in [1.82, 2.24) is 0 Å². The minimum Gasteiger partial charge on any atom is -0.497 e. The van der Waals surface area contributed by atoms with Gasteiger partial charge in [0.15, 0.2) is 0 Å². The van der Waals surface area contributed by atoms with Crippen LogP contribution in [0.25, 0.3) is 22.3 Å². The van der Waals surface area contributed by atoms with E-state index < -0.39 is 15.8 Å². The molecule has 75 heavy (non-hydrogen) atoms. The van der Waals surface area contributed by atoms with Gasteiger partial charge in [-0.2, -0.15) is 5.26 Å². The highest BCUT2D eigenvalue weighted by atomic mass is 16.6. The molecule has 2 aliphatic rings. The van der Waals surface area contributed by atoms with Gasteiger partial charge >= 0.3 is 5.69 Å². The maximum atomic E-state index is 11.6. The maximum absolute atomic E-state index is 11.6. The highest BCUT2D eigenvalue weighted by molar-refractivity contribution is 5.87. The average Bonchev–Trinajstić information content (AvgIpc) is 3.98. The van der Waals surface area contributed by atoms with E-state index in [1.54, 1.807) is 20.3 Å². The lowest BCUT2D eigenvalue weighted by Crippen LogP contribution is -2.28. The molecule has 0 aliphatic heterocycles. The van der Waals surface area contributed by atoms with Crippen LogP contribution in [-0.2, 0) is 10.8 Å². The summed E-state index contributed by atoms with van der Waals surface area (Å²) in [7, 11) is 3.36. The molecule has 0 amide bonds. The van der Waals surface area contributed by atoms with Crippen LogP contribution in [0.3, 0.4) is 0 Å². The van der Waals surface area contributed by atoms with Crippen molar-refractivity contribution in [2.75, 3.05) is 14.2 Å². The third-order valence-corrected chi connectivity index (χ3v) is 14.6. The second-order valence-electron chi connectivity index (χ2n) is 18.7. The second kappa shape index (κ2) is 19.7. The third-order valence-electron chi connectivity index (χ3n) is 14.6. The summed E-state index contributed by atoms with van der Waals surface area (Å²) in [5, 5.41) is 21.2. The lowest BCUT2D eigenvalue weighted by Gasteiger charge is -2.34. The third kappa shape index (κ3) is 8.12. The summed E-state index contributed by atoms with van der Waals surface area (Å²) in [6.07, 6.45) is 0. The zero-order chi connectivity index (χ0) is 51.7. The number of aryl methyl sites for hydroxylation is 2. The topological polar surface area (TPSA) is 104 Å². The molecule has 0 N–H and O–H groups in total. The number of fused-ring (bicyclic) bond motifs is 6. The van der Waals surface area contributed by atoms with Crippen molar-refractivity contribution >= 4 is 5.69 Å². The van der Waals surface area contributed by atoms with E-state index in [9.17, 15) is 15.4 Å². The fraction of sp³-hybridized carbons (Fsp3) is 0.0896. The van der Waals surface area contributed by atoms with Gasteiger partial charge in [-0.25, -0.2) is 0 Å². The van der Waals surface area contributed by atoms with Gasteiger partial charge in [0.2, 0.25) is 5.75 Å². The summed E-state index contributed by atoms with van der Waals surface area (Å²) in [4.78, 5) is 11.2. The molecule has 8 heteroatoms. The first-order valence-corrected chi connectivity index (χ1v) is 24.7. The molecule has 0 fully saturated rings. The van der Waals surface area contributed by atoms with Gasteiger partial charge in [-0.1, -0.05) is 164 Å². The van der Waals surface area contributed by atoms with Crippen LogP contribution >= 0.6 is 0 Å². The smallest absolute Gasteiger partial charge is 0.311 e. The first kappa shape index (κ1) is 47.6. The molecule has 0 unspecified atom stereocenters. The number of nitro benzene ring substituents is 1. The number of benzene rings is 10. The second-order valence-corrected chi connectivity index (χ2v) is 18.7. The predicted octanol–water partition coefficient (Wildman–Crippen LogP) is 16.1. The molecule has 0 radical (unpaired) electrons. The number of methoxy groups -OCH3 is 2. The van der Waals surface area contributed by atoms with Crippen LogP contribution in [-0.4, -0.2) is 19.1 Å². The summed E-state index contributed by atoms with van der Waals surface area (Å²) < 4.78 is 23.1. The van der Waals surface area contributed by atoms with E-state index in [1.807, 2.05) is 86.6 Å². The first-order valence-electron chi connectivity index (χ1n) is 24.7. The Morgan fingerprint density at radius 2 is 0.787 bits per heavy atom. The van der Waals surface area contributed by atoms with Crippen molar-refractivity contribution in [2.24, 2.45) is 0 Å². The number of rotatable bonds is 11. The fourth-order valence-electron chi connectivity index (χ4n) is 11.3. The lowest BCUT2D eigenvalue weighted by atomic mass is 9.68. The standard InChI is InChI=1S/C34H25NO2.C33H25NO4/c1-23-8-7-13-33(30(23)22-35)37-27-20-16-25(17-21-27)34(24-14-18-26(36-2)19-15-24)31-11-5-3-9-28(31)29-10-4-6-12-32(29)34;1-22-11-20-32(31(21-22)34(35)36)38-26-18-14-24(15-19-26)33(23-12-16-25(37-2)17-13-23)29-9-5-3-7-27(29)28-8-4-6-10-30(28)33/h3-21H,1-2H3;3-21H,1-2H3. The van der Waals surface area contributed by atoms with Crippen molar-refractivity contribution in [1.29, 1.82) is 5.26 Å². The van der Waals surface area contributed by atoms with Gasteiger partial charge in [-0.05, 0) is 152 Å². The molecule has 2 aliphatic carbocycles. The molecule has 10 aromatic rings. The molecule has 0 saturated heterocycles. The molecule has 8 nitrogen and oxygen atoms in total. The minimum absolute atomic E-state index is 0.0533. The van der Waals surface area contributed by atoms with Gasteiger partial charge in [0.1, 0.15) is 34.8 Å². The zero-order valence-corrected chi connectivity index (χ0v) is 41.8. The van der Waals surface area contributed by atoms with Gasteiger partial charge in [-0.15, -0.1) is 0 Å².